The first-order chi connectivity index (χ1) is 10.9. The quantitative estimate of drug-likeness (QED) is 0.439. The summed E-state index contributed by atoms with van der Waals surface area (Å²) in [5.41, 5.74) is 5.23. The lowest BCUT2D eigenvalue weighted by atomic mass is 9.98. The van der Waals surface area contributed by atoms with Gasteiger partial charge in [-0.3, -0.25) is 4.90 Å². The van der Waals surface area contributed by atoms with Crippen LogP contribution in [0, 0.1) is 0 Å². The van der Waals surface area contributed by atoms with Crippen LogP contribution in [0.1, 0.15) is 33.6 Å². The molecule has 0 aromatic carbocycles. The Morgan fingerprint density at radius 3 is 2.00 bits per heavy atom. The zero-order chi connectivity index (χ0) is 19.1. The number of esters is 1. The number of hydrogen-bond acceptors (Lipinski definition) is 7. The minimum Gasteiger partial charge on any atom is -0.473 e. The van der Waals surface area contributed by atoms with E-state index in [0.717, 1.165) is 0 Å². The lowest BCUT2D eigenvalue weighted by Crippen LogP contribution is -2.54. The number of nitrogens with two attached hydrogens (primary N) is 1. The van der Waals surface area contributed by atoms with Gasteiger partial charge in [0.25, 0.3) is 0 Å². The molecule has 1 unspecified atom stereocenters. The van der Waals surface area contributed by atoms with Crippen LogP contribution >= 0.6 is 0 Å². The largest absolute Gasteiger partial charge is 0.473 e. The molecule has 0 saturated carbocycles. The second-order valence-electron chi connectivity index (χ2n) is 6.11. The number of likely N-dealkylation sites (tertiary alicyclic amines) is 1. The Morgan fingerprint density at radius 1 is 1.12 bits per heavy atom. The maximum atomic E-state index is 12.0. The lowest BCUT2D eigenvalue weighted by Gasteiger charge is -2.37. The third-order valence-electron chi connectivity index (χ3n) is 2.93. The fraction of sp³-hybridized carbons (Fsp3) is 0.714. The van der Waals surface area contributed by atoms with E-state index in [2.05, 4.69) is 0 Å². The first kappa shape index (κ1) is 21.6. The molecule has 1 fully saturated rings. The second kappa shape index (κ2) is 9.06. The Morgan fingerprint density at radius 2 is 1.62 bits per heavy atom. The van der Waals surface area contributed by atoms with E-state index in [9.17, 15) is 9.59 Å². The Balaban J connectivity index is 0.000000754. The number of piperidine rings is 1. The topological polar surface area (TPSA) is 156 Å². The van der Waals surface area contributed by atoms with Gasteiger partial charge in [-0.1, -0.05) is 0 Å². The summed E-state index contributed by atoms with van der Waals surface area (Å²) in [7, 11) is 1.30. The van der Waals surface area contributed by atoms with Crippen LogP contribution in [-0.4, -0.2) is 70.5 Å². The molecule has 2 atom stereocenters. The van der Waals surface area contributed by atoms with Gasteiger partial charge in [-0.2, -0.15) is 0 Å². The fourth-order valence-corrected chi connectivity index (χ4v) is 1.89. The molecule has 4 N–H and O–H groups in total. The number of carbonyl (C=O) groups is 4. The van der Waals surface area contributed by atoms with Crippen LogP contribution in [0.2, 0.25) is 0 Å². The lowest BCUT2D eigenvalue weighted by molar-refractivity contribution is -0.159. The summed E-state index contributed by atoms with van der Waals surface area (Å²) in [4.78, 5) is 43.3. The number of hydrogen-bond donors (Lipinski definition) is 3. The van der Waals surface area contributed by atoms with Crippen LogP contribution < -0.4 is 5.73 Å². The highest BCUT2D eigenvalue weighted by atomic mass is 16.6. The Hall–Kier alpha value is -2.36. The van der Waals surface area contributed by atoms with Crippen molar-refractivity contribution < 1.29 is 38.9 Å². The molecule has 24 heavy (non-hydrogen) atoms. The van der Waals surface area contributed by atoms with Crippen LogP contribution in [0.4, 0.5) is 4.79 Å². The van der Waals surface area contributed by atoms with Gasteiger partial charge in [-0.25, -0.2) is 19.2 Å². The molecule has 1 amide bonds. The van der Waals surface area contributed by atoms with Gasteiger partial charge in [-0.15, -0.1) is 0 Å². The van der Waals surface area contributed by atoms with E-state index >= 15 is 0 Å². The molecule has 0 spiro atoms. The van der Waals surface area contributed by atoms with Gasteiger partial charge in [0, 0.05) is 12.6 Å². The molecule has 0 aromatic heterocycles. The van der Waals surface area contributed by atoms with E-state index in [1.807, 2.05) is 0 Å². The first-order valence-electron chi connectivity index (χ1n) is 7.18. The summed E-state index contributed by atoms with van der Waals surface area (Å²) in [5, 5.41) is 14.8. The van der Waals surface area contributed by atoms with Crippen molar-refractivity contribution in [2.24, 2.45) is 5.73 Å². The summed E-state index contributed by atoms with van der Waals surface area (Å²) in [6.45, 7) is 5.77. The highest BCUT2D eigenvalue weighted by Gasteiger charge is 2.37. The van der Waals surface area contributed by atoms with E-state index < -0.39 is 35.6 Å². The molecule has 138 valence electrons. The molecule has 1 saturated heterocycles. The molecule has 10 nitrogen and oxygen atoms in total. The fourth-order valence-electron chi connectivity index (χ4n) is 1.89. The molecule has 1 rings (SSSR count). The minimum absolute atomic E-state index is 0.0900. The van der Waals surface area contributed by atoms with Crippen LogP contribution in [0.15, 0.2) is 0 Å². The Labute approximate surface area is 139 Å². The molecule has 1 heterocycles. The molecule has 0 aromatic rings. The van der Waals surface area contributed by atoms with Crippen LogP contribution in [0.3, 0.4) is 0 Å². The van der Waals surface area contributed by atoms with Crippen molar-refractivity contribution in [1.29, 1.82) is 0 Å². The molecule has 1 aliphatic rings. The summed E-state index contributed by atoms with van der Waals surface area (Å²) < 4.78 is 9.98. The van der Waals surface area contributed by atoms with Crippen molar-refractivity contribution in [3.63, 3.8) is 0 Å². The molecule has 0 radical (unpaired) electrons. The van der Waals surface area contributed by atoms with E-state index in [1.165, 1.54) is 12.0 Å². The Bertz CT molecular complexity index is 474. The Kier molecular flexibility index (Phi) is 8.17. The van der Waals surface area contributed by atoms with Gasteiger partial charge in [0.1, 0.15) is 11.6 Å². The summed E-state index contributed by atoms with van der Waals surface area (Å²) in [6, 6.07) is -0.735. The first-order valence-corrected chi connectivity index (χ1v) is 7.18. The molecule has 1 aliphatic heterocycles. The second-order valence-corrected chi connectivity index (χ2v) is 6.11. The van der Waals surface area contributed by atoms with Crippen molar-refractivity contribution in [3.05, 3.63) is 0 Å². The average Bonchev–Trinajstić information content (AvgIpc) is 2.44. The monoisotopic (exact) mass is 348 g/mol. The van der Waals surface area contributed by atoms with Gasteiger partial charge in [0.15, 0.2) is 0 Å². The summed E-state index contributed by atoms with van der Waals surface area (Å²) in [6.07, 6.45) is 0.573. The number of ether oxygens (including phenoxy) is 2. The van der Waals surface area contributed by atoms with Crippen LogP contribution in [-0.2, 0) is 23.9 Å². The van der Waals surface area contributed by atoms with Gasteiger partial charge in [0.2, 0.25) is 0 Å². The van der Waals surface area contributed by atoms with Crippen molar-refractivity contribution >= 4 is 24.0 Å². The van der Waals surface area contributed by atoms with Gasteiger partial charge >= 0.3 is 24.0 Å². The van der Waals surface area contributed by atoms with Crippen LogP contribution in [0.25, 0.3) is 0 Å². The number of carboxylic acids is 2. The van der Waals surface area contributed by atoms with Crippen molar-refractivity contribution in [2.75, 3.05) is 13.7 Å². The number of aliphatic carboxylic acids is 2. The predicted octanol–water partition coefficient (Wildman–Crippen LogP) is 0.0418. The zero-order valence-electron chi connectivity index (χ0n) is 14.1. The third kappa shape index (κ3) is 7.77. The molecular formula is C14H24N2O8. The smallest absolute Gasteiger partial charge is 0.414 e. The summed E-state index contributed by atoms with van der Waals surface area (Å²) >= 11 is 0. The van der Waals surface area contributed by atoms with E-state index in [1.54, 1.807) is 20.8 Å². The van der Waals surface area contributed by atoms with Crippen LogP contribution in [0.5, 0.6) is 0 Å². The molecule has 10 heteroatoms. The number of rotatable bonds is 1. The van der Waals surface area contributed by atoms with Gasteiger partial charge in [0.05, 0.1) is 7.11 Å². The minimum atomic E-state index is -1.82. The number of nitrogens with zero attached hydrogens (tertiary/aromatic N) is 1. The van der Waals surface area contributed by atoms with Gasteiger partial charge in [-0.05, 0) is 33.6 Å². The standard InChI is InChI=1S/C12H22N2O4.C2H2O4/c1-12(2,3)18-11(16)14-6-5-8(13)7-9(14)10(15)17-4;3-1(4)2(5)6/h8-9H,5-7,13H2,1-4H3;(H,3,4)(H,5,6)/t8?,9-;/m1./s1. The average molecular weight is 348 g/mol. The van der Waals surface area contributed by atoms with E-state index in [4.69, 9.17) is 35.0 Å². The van der Waals surface area contributed by atoms with E-state index in [-0.39, 0.29) is 6.04 Å². The van der Waals surface area contributed by atoms with Crippen molar-refractivity contribution in [3.8, 4) is 0 Å². The molecule has 0 aliphatic carbocycles. The molecular weight excluding hydrogens is 324 g/mol. The van der Waals surface area contributed by atoms with Gasteiger partial charge < -0.3 is 25.4 Å². The number of methoxy groups -OCH3 is 1. The zero-order valence-corrected chi connectivity index (χ0v) is 14.1. The SMILES string of the molecule is COC(=O)[C@H]1CC(N)CCN1C(=O)OC(C)(C)C.O=C(O)C(=O)O. The summed E-state index contributed by atoms with van der Waals surface area (Å²) in [5.74, 6) is -4.10. The van der Waals surface area contributed by atoms with E-state index in [0.29, 0.717) is 19.4 Å². The maximum absolute atomic E-state index is 12.0. The van der Waals surface area contributed by atoms with Crippen molar-refractivity contribution in [1.82, 2.24) is 4.90 Å². The highest BCUT2D eigenvalue weighted by molar-refractivity contribution is 6.27. The predicted molar refractivity (Wildman–Crippen MR) is 81.2 cm³/mol. The third-order valence-corrected chi connectivity index (χ3v) is 2.93. The van der Waals surface area contributed by atoms with Crippen molar-refractivity contribution in [2.45, 2.75) is 51.3 Å². The highest BCUT2D eigenvalue weighted by Crippen LogP contribution is 2.20. The molecule has 0 bridgehead atoms. The maximum Gasteiger partial charge on any atom is 0.414 e. The number of carboxylic acid groups (broad SMARTS) is 2. The number of amides is 1. The number of carbonyl (C=O) groups excluding carboxylic acids is 2. The normalized spacial score (nSPS) is 20.3.